The van der Waals surface area contributed by atoms with Gasteiger partial charge >= 0.3 is 5.97 Å². The van der Waals surface area contributed by atoms with E-state index in [4.69, 9.17) is 10.9 Å². The van der Waals surface area contributed by atoms with Gasteiger partial charge < -0.3 is 9.57 Å². The largest absolute Gasteiger partial charge is 0.497 e. The molecule has 0 heterocycles. The normalized spacial score (nSPS) is 11.6. The number of hydrogen-bond donors (Lipinski definition) is 0. The highest BCUT2D eigenvalue weighted by molar-refractivity contribution is 5.90. The molecule has 0 aliphatic carbocycles. The first-order valence-electron chi connectivity index (χ1n) is 6.16. The molecule has 0 saturated heterocycles. The molecule has 0 atom stereocenters. The van der Waals surface area contributed by atoms with Crippen LogP contribution in [-0.4, -0.2) is 19.3 Å². The molecule has 0 amide bonds. The second kappa shape index (κ2) is 6.35. The standard InChI is InChI=1S/C15H13NO3/c1-18-14-9-7-13(8-10-14)15(17)19-16-11-12-5-3-2-4-6-12/h2-11H,1H3/b16-11-/i11D. The molecule has 0 spiro atoms. The van der Waals surface area contributed by atoms with Gasteiger partial charge in [0.15, 0.2) is 0 Å². The lowest BCUT2D eigenvalue weighted by molar-refractivity contribution is 0.0519. The lowest BCUT2D eigenvalue weighted by atomic mass is 10.2. The summed E-state index contributed by atoms with van der Waals surface area (Å²) < 4.78 is 12.7. The van der Waals surface area contributed by atoms with Crippen LogP contribution in [0.15, 0.2) is 59.8 Å². The van der Waals surface area contributed by atoms with E-state index in [0.29, 0.717) is 16.9 Å². The molecule has 4 nitrogen and oxygen atoms in total. The average molecular weight is 256 g/mol. The van der Waals surface area contributed by atoms with Crippen LogP contribution >= 0.6 is 0 Å². The monoisotopic (exact) mass is 256 g/mol. The van der Waals surface area contributed by atoms with Crippen LogP contribution in [0.1, 0.15) is 17.3 Å². The van der Waals surface area contributed by atoms with Gasteiger partial charge in [0, 0.05) is 0 Å². The summed E-state index contributed by atoms with van der Waals surface area (Å²) in [6.45, 7) is 0. The van der Waals surface area contributed by atoms with Crippen LogP contribution in [0, 0.1) is 0 Å². The molecule has 0 aliphatic rings. The fourth-order valence-electron chi connectivity index (χ4n) is 1.41. The van der Waals surface area contributed by atoms with Gasteiger partial charge in [-0.3, -0.25) is 0 Å². The number of benzene rings is 2. The van der Waals surface area contributed by atoms with Gasteiger partial charge in [-0.2, -0.15) is 0 Å². The third-order valence-electron chi connectivity index (χ3n) is 2.40. The van der Waals surface area contributed by atoms with E-state index in [1.165, 1.54) is 0 Å². The minimum atomic E-state index is -0.617. The Balaban J connectivity index is 2.04. The van der Waals surface area contributed by atoms with Gasteiger partial charge in [-0.25, -0.2) is 4.79 Å². The SMILES string of the molecule is [2H]/C(=N/OC(=O)c1ccc(OC)cc1)c1ccccc1. The quantitative estimate of drug-likeness (QED) is 0.480. The molecule has 0 aromatic heterocycles. The third kappa shape index (κ3) is 3.67. The minimum absolute atomic E-state index is 0.104. The fourth-order valence-corrected chi connectivity index (χ4v) is 1.41. The number of ether oxygens (including phenoxy) is 1. The Morgan fingerprint density at radius 1 is 1.16 bits per heavy atom. The van der Waals surface area contributed by atoms with Gasteiger partial charge in [0.2, 0.25) is 0 Å². The number of rotatable bonds is 4. The van der Waals surface area contributed by atoms with Crippen molar-refractivity contribution >= 4 is 12.2 Å². The van der Waals surface area contributed by atoms with E-state index in [0.717, 1.165) is 0 Å². The van der Waals surface area contributed by atoms with Crippen molar-refractivity contribution in [1.29, 1.82) is 0 Å². The molecule has 96 valence electrons. The van der Waals surface area contributed by atoms with Crippen molar-refractivity contribution in [3.8, 4) is 5.75 Å². The highest BCUT2D eigenvalue weighted by Crippen LogP contribution is 2.12. The molecule has 0 fully saturated rings. The zero-order chi connectivity index (χ0) is 14.4. The van der Waals surface area contributed by atoms with Crippen molar-refractivity contribution in [2.75, 3.05) is 7.11 Å². The summed E-state index contributed by atoms with van der Waals surface area (Å²) in [4.78, 5) is 16.5. The molecular weight excluding hydrogens is 242 g/mol. The van der Waals surface area contributed by atoms with Gasteiger partial charge in [0.25, 0.3) is 0 Å². The second-order valence-corrected chi connectivity index (χ2v) is 3.68. The second-order valence-electron chi connectivity index (χ2n) is 3.68. The fraction of sp³-hybridized carbons (Fsp3) is 0.0667. The van der Waals surface area contributed by atoms with Crippen molar-refractivity contribution in [1.82, 2.24) is 0 Å². The molecule has 0 N–H and O–H groups in total. The number of methoxy groups -OCH3 is 1. The highest BCUT2D eigenvalue weighted by atomic mass is 16.7. The summed E-state index contributed by atoms with van der Waals surface area (Å²) in [5.41, 5.74) is 0.922. The predicted octanol–water partition coefficient (Wildman–Crippen LogP) is 2.89. The van der Waals surface area contributed by atoms with Gasteiger partial charge in [-0.05, 0) is 29.8 Å². The zero-order valence-corrected chi connectivity index (χ0v) is 10.4. The minimum Gasteiger partial charge on any atom is -0.497 e. The molecule has 0 bridgehead atoms. The Morgan fingerprint density at radius 2 is 1.84 bits per heavy atom. The van der Waals surface area contributed by atoms with E-state index < -0.39 is 5.97 Å². The van der Waals surface area contributed by atoms with E-state index in [-0.39, 0.29) is 6.19 Å². The van der Waals surface area contributed by atoms with Crippen LogP contribution in [-0.2, 0) is 4.84 Å². The summed E-state index contributed by atoms with van der Waals surface area (Å²) in [6.07, 6.45) is -0.104. The molecule has 0 saturated carbocycles. The summed E-state index contributed by atoms with van der Waals surface area (Å²) in [5.74, 6) is 0.0313. The molecule has 0 aliphatic heterocycles. The lowest BCUT2D eigenvalue weighted by Crippen LogP contribution is -2.00. The van der Waals surface area contributed by atoms with Crippen LogP contribution in [0.5, 0.6) is 5.75 Å². The van der Waals surface area contributed by atoms with Crippen molar-refractivity contribution < 1.29 is 15.7 Å². The van der Waals surface area contributed by atoms with E-state index in [1.54, 1.807) is 55.6 Å². The third-order valence-corrected chi connectivity index (χ3v) is 2.40. The highest BCUT2D eigenvalue weighted by Gasteiger charge is 2.06. The number of carbonyl (C=O) groups is 1. The van der Waals surface area contributed by atoms with Crippen LogP contribution in [0.4, 0.5) is 0 Å². The molecule has 2 rings (SSSR count). The van der Waals surface area contributed by atoms with Gasteiger partial charge in [-0.1, -0.05) is 35.5 Å². The molecule has 0 radical (unpaired) electrons. The first-order valence-corrected chi connectivity index (χ1v) is 5.66. The van der Waals surface area contributed by atoms with Crippen molar-refractivity contribution in [2.24, 2.45) is 5.16 Å². The average Bonchev–Trinajstić information content (AvgIpc) is 2.53. The predicted molar refractivity (Wildman–Crippen MR) is 72.4 cm³/mol. The molecular formula is C15H13NO3. The van der Waals surface area contributed by atoms with Crippen molar-refractivity contribution in [2.45, 2.75) is 0 Å². The summed E-state index contributed by atoms with van der Waals surface area (Å²) in [5, 5.41) is 3.52. The maximum absolute atomic E-state index is 11.7. The van der Waals surface area contributed by atoms with Crippen LogP contribution < -0.4 is 4.74 Å². The Bertz CT molecular complexity index is 609. The maximum Gasteiger partial charge on any atom is 0.365 e. The van der Waals surface area contributed by atoms with Crippen molar-refractivity contribution in [3.63, 3.8) is 0 Å². The first-order chi connectivity index (χ1) is 9.70. The maximum atomic E-state index is 11.7. The molecule has 2 aromatic carbocycles. The van der Waals surface area contributed by atoms with Gasteiger partial charge in [-0.15, -0.1) is 0 Å². The number of oxime groups is 1. The topological polar surface area (TPSA) is 47.9 Å². The summed E-state index contributed by atoms with van der Waals surface area (Å²) in [7, 11) is 1.55. The van der Waals surface area contributed by atoms with Crippen LogP contribution in [0.2, 0.25) is 0 Å². The van der Waals surface area contributed by atoms with Crippen LogP contribution in [0.25, 0.3) is 0 Å². The molecule has 2 aromatic rings. The van der Waals surface area contributed by atoms with E-state index in [9.17, 15) is 4.79 Å². The first kappa shape index (κ1) is 11.5. The van der Waals surface area contributed by atoms with E-state index in [2.05, 4.69) is 5.16 Å². The number of hydrogen-bond acceptors (Lipinski definition) is 4. The van der Waals surface area contributed by atoms with Crippen molar-refractivity contribution in [3.05, 3.63) is 65.7 Å². The van der Waals surface area contributed by atoms with E-state index >= 15 is 0 Å². The van der Waals surface area contributed by atoms with Gasteiger partial charge in [0.05, 0.1) is 20.2 Å². The smallest absolute Gasteiger partial charge is 0.365 e. The molecule has 19 heavy (non-hydrogen) atoms. The summed E-state index contributed by atoms with van der Waals surface area (Å²) >= 11 is 0. The molecule has 4 heteroatoms. The van der Waals surface area contributed by atoms with Gasteiger partial charge in [0.1, 0.15) is 5.75 Å². The Kier molecular flexibility index (Phi) is 3.83. The van der Waals surface area contributed by atoms with E-state index in [1.807, 2.05) is 6.07 Å². The van der Waals surface area contributed by atoms with Crippen LogP contribution in [0.3, 0.4) is 0 Å². The number of nitrogens with zero attached hydrogens (tertiary/aromatic N) is 1. The Hall–Kier alpha value is -2.62. The lowest BCUT2D eigenvalue weighted by Gasteiger charge is -2.00. The summed E-state index contributed by atoms with van der Waals surface area (Å²) in [6, 6.07) is 15.3. The number of carbonyl (C=O) groups excluding carboxylic acids is 1. The Labute approximate surface area is 112 Å². The zero-order valence-electron chi connectivity index (χ0n) is 11.4. The Morgan fingerprint density at radius 3 is 2.47 bits per heavy atom. The molecule has 0 unspecified atom stereocenters.